The van der Waals surface area contributed by atoms with E-state index in [-0.39, 0.29) is 11.8 Å². The fraction of sp³-hybridized carbons (Fsp3) is 0.308. The summed E-state index contributed by atoms with van der Waals surface area (Å²) in [5, 5.41) is 0. The van der Waals surface area contributed by atoms with E-state index in [1.165, 1.54) is 0 Å². The zero-order chi connectivity index (χ0) is 15.4. The van der Waals surface area contributed by atoms with Crippen LogP contribution in [0.5, 0.6) is 5.95 Å². The first-order valence-corrected chi connectivity index (χ1v) is 6.35. The number of nitrogens with zero attached hydrogens (tertiary/aromatic N) is 2. The molecule has 0 aliphatic carbocycles. The van der Waals surface area contributed by atoms with E-state index in [2.05, 4.69) is 15.8 Å². The predicted molar refractivity (Wildman–Crippen MR) is 72.8 cm³/mol. The highest BCUT2D eigenvalue weighted by Gasteiger charge is 2.18. The third kappa shape index (κ3) is 3.22. The molecule has 0 bridgehead atoms. The van der Waals surface area contributed by atoms with Crippen LogP contribution in [0.1, 0.15) is 33.8 Å². The Hall–Kier alpha value is -2.77. The maximum absolute atomic E-state index is 11.8. The van der Waals surface area contributed by atoms with Crippen LogP contribution in [0.15, 0.2) is 22.7 Å². The topological polar surface area (TPSA) is 98.4 Å². The number of carbonyl (C=O) groups is 2. The van der Waals surface area contributed by atoms with Crippen LogP contribution < -0.4 is 15.6 Å². The zero-order valence-corrected chi connectivity index (χ0v) is 12.0. The number of hydrazine groups is 1. The minimum atomic E-state index is -0.661. The molecule has 2 aromatic rings. The molecule has 112 valence electrons. The average molecular weight is 292 g/mol. The Kier molecular flexibility index (Phi) is 4.27. The fourth-order valence-corrected chi connectivity index (χ4v) is 1.67. The molecule has 2 N–H and O–H groups in total. The normalized spacial score (nSPS) is 10.2. The van der Waals surface area contributed by atoms with Crippen molar-refractivity contribution in [3.8, 4) is 5.95 Å². The molecule has 0 fully saturated rings. The molecule has 0 radical (unpaired) electrons. The van der Waals surface area contributed by atoms with Gasteiger partial charge in [-0.25, -0.2) is 4.98 Å². The number of ether oxygens (including phenoxy) is 1. The number of carbonyl (C=O) groups excluding carboxylic acids is 2. The number of amides is 2. The smallest absolute Gasteiger partial charge is 0.325 e. The van der Waals surface area contributed by atoms with Gasteiger partial charge in [-0.2, -0.15) is 0 Å². The van der Waals surface area contributed by atoms with E-state index in [1.54, 1.807) is 43.8 Å². The SMILES string of the molecule is CCOc1oc(C(=O)NNC(=O)c2cccn2C)nc1C. The van der Waals surface area contributed by atoms with Crippen molar-refractivity contribution in [1.82, 2.24) is 20.4 Å². The van der Waals surface area contributed by atoms with Gasteiger partial charge >= 0.3 is 11.9 Å². The highest BCUT2D eigenvalue weighted by molar-refractivity contribution is 5.96. The highest BCUT2D eigenvalue weighted by Crippen LogP contribution is 2.18. The van der Waals surface area contributed by atoms with Gasteiger partial charge in [-0.1, -0.05) is 0 Å². The molecule has 0 aliphatic heterocycles. The molecule has 8 nitrogen and oxygen atoms in total. The lowest BCUT2D eigenvalue weighted by Gasteiger charge is -2.06. The molecule has 0 spiro atoms. The number of nitrogens with one attached hydrogen (secondary N) is 2. The lowest BCUT2D eigenvalue weighted by atomic mass is 10.4. The van der Waals surface area contributed by atoms with Crippen LogP contribution in [0.25, 0.3) is 0 Å². The Bertz CT molecular complexity index is 659. The minimum absolute atomic E-state index is 0.178. The van der Waals surface area contributed by atoms with E-state index < -0.39 is 11.8 Å². The molecule has 0 saturated carbocycles. The van der Waals surface area contributed by atoms with E-state index in [0.717, 1.165) is 0 Å². The maximum Gasteiger partial charge on any atom is 0.325 e. The summed E-state index contributed by atoms with van der Waals surface area (Å²) >= 11 is 0. The van der Waals surface area contributed by atoms with Crippen molar-refractivity contribution in [3.63, 3.8) is 0 Å². The van der Waals surface area contributed by atoms with Gasteiger partial charge in [0.15, 0.2) is 0 Å². The standard InChI is InChI=1S/C13H16N4O4/c1-4-20-13-8(2)14-12(21-13)11(19)16-15-10(18)9-6-5-7-17(9)3/h5-7H,4H2,1-3H3,(H,15,18)(H,16,19). The van der Waals surface area contributed by atoms with Crippen LogP contribution in [0.4, 0.5) is 0 Å². The Morgan fingerprint density at radius 1 is 1.38 bits per heavy atom. The monoisotopic (exact) mass is 292 g/mol. The Morgan fingerprint density at radius 2 is 2.10 bits per heavy atom. The summed E-state index contributed by atoms with van der Waals surface area (Å²) in [6.45, 7) is 3.86. The second-order valence-electron chi connectivity index (χ2n) is 4.24. The largest absolute Gasteiger partial charge is 0.464 e. The molecule has 0 aliphatic rings. The molecular weight excluding hydrogens is 276 g/mol. The number of hydrogen-bond acceptors (Lipinski definition) is 5. The van der Waals surface area contributed by atoms with Gasteiger partial charge in [0.2, 0.25) is 0 Å². The number of hydrogen-bond donors (Lipinski definition) is 2. The second kappa shape index (κ2) is 6.12. The summed E-state index contributed by atoms with van der Waals surface area (Å²) in [7, 11) is 1.72. The van der Waals surface area contributed by atoms with E-state index in [1.807, 2.05) is 0 Å². The molecule has 0 atom stereocenters. The van der Waals surface area contributed by atoms with Gasteiger partial charge < -0.3 is 13.7 Å². The quantitative estimate of drug-likeness (QED) is 0.812. The van der Waals surface area contributed by atoms with Crippen LogP contribution in [0, 0.1) is 6.92 Å². The lowest BCUT2D eigenvalue weighted by Crippen LogP contribution is -2.42. The van der Waals surface area contributed by atoms with E-state index in [9.17, 15) is 9.59 Å². The maximum atomic E-state index is 11.8. The third-order valence-electron chi connectivity index (χ3n) is 2.69. The first-order chi connectivity index (χ1) is 10.0. The molecule has 2 rings (SSSR count). The first kappa shape index (κ1) is 14.6. The van der Waals surface area contributed by atoms with Crippen LogP contribution >= 0.6 is 0 Å². The molecule has 2 aromatic heterocycles. The van der Waals surface area contributed by atoms with Gasteiger partial charge in [0.25, 0.3) is 11.8 Å². The van der Waals surface area contributed by atoms with E-state index in [0.29, 0.717) is 18.0 Å². The van der Waals surface area contributed by atoms with Crippen molar-refractivity contribution in [2.75, 3.05) is 6.61 Å². The number of rotatable bonds is 4. The van der Waals surface area contributed by atoms with Crippen LogP contribution in [-0.2, 0) is 7.05 Å². The molecule has 21 heavy (non-hydrogen) atoms. The van der Waals surface area contributed by atoms with Gasteiger partial charge in [-0.3, -0.25) is 20.4 Å². The van der Waals surface area contributed by atoms with Crippen LogP contribution in [-0.4, -0.2) is 28.0 Å². The lowest BCUT2D eigenvalue weighted by molar-refractivity contribution is 0.0818. The van der Waals surface area contributed by atoms with Gasteiger partial charge in [-0.05, 0) is 26.0 Å². The van der Waals surface area contributed by atoms with Gasteiger partial charge in [0.1, 0.15) is 11.4 Å². The Morgan fingerprint density at radius 3 is 2.71 bits per heavy atom. The summed E-state index contributed by atoms with van der Waals surface area (Å²) < 4.78 is 12.0. The minimum Gasteiger partial charge on any atom is -0.464 e. The summed E-state index contributed by atoms with van der Waals surface area (Å²) in [5.41, 5.74) is 5.40. The predicted octanol–water partition coefficient (Wildman–Crippen LogP) is 0.795. The number of oxazole rings is 1. The molecule has 0 aromatic carbocycles. The molecule has 0 unspecified atom stereocenters. The third-order valence-corrected chi connectivity index (χ3v) is 2.69. The molecule has 0 saturated heterocycles. The van der Waals surface area contributed by atoms with Crippen molar-refractivity contribution in [2.24, 2.45) is 7.05 Å². The molecular formula is C13H16N4O4. The molecule has 8 heteroatoms. The number of aromatic nitrogens is 2. The van der Waals surface area contributed by atoms with Crippen molar-refractivity contribution in [2.45, 2.75) is 13.8 Å². The Balaban J connectivity index is 1.97. The highest BCUT2D eigenvalue weighted by atomic mass is 16.6. The van der Waals surface area contributed by atoms with E-state index >= 15 is 0 Å². The second-order valence-corrected chi connectivity index (χ2v) is 4.24. The van der Waals surface area contributed by atoms with Crippen molar-refractivity contribution < 1.29 is 18.7 Å². The van der Waals surface area contributed by atoms with Crippen molar-refractivity contribution in [3.05, 3.63) is 35.6 Å². The summed E-state index contributed by atoms with van der Waals surface area (Å²) in [5.74, 6) is -1.09. The molecule has 2 heterocycles. The number of aryl methyl sites for hydroxylation is 2. The van der Waals surface area contributed by atoms with Crippen molar-refractivity contribution in [1.29, 1.82) is 0 Å². The van der Waals surface area contributed by atoms with Crippen molar-refractivity contribution >= 4 is 11.8 Å². The van der Waals surface area contributed by atoms with Gasteiger partial charge in [0, 0.05) is 13.2 Å². The van der Waals surface area contributed by atoms with Gasteiger partial charge in [0.05, 0.1) is 6.61 Å². The Labute approximate surface area is 121 Å². The summed E-state index contributed by atoms with van der Waals surface area (Å²) in [4.78, 5) is 27.6. The summed E-state index contributed by atoms with van der Waals surface area (Å²) in [6.07, 6.45) is 1.72. The van der Waals surface area contributed by atoms with E-state index in [4.69, 9.17) is 9.15 Å². The molecule has 2 amide bonds. The van der Waals surface area contributed by atoms with Crippen LogP contribution in [0.3, 0.4) is 0 Å². The van der Waals surface area contributed by atoms with Gasteiger partial charge in [-0.15, -0.1) is 0 Å². The zero-order valence-electron chi connectivity index (χ0n) is 12.0. The average Bonchev–Trinajstić information content (AvgIpc) is 3.03. The summed E-state index contributed by atoms with van der Waals surface area (Å²) in [6, 6.07) is 3.35. The van der Waals surface area contributed by atoms with Crippen LogP contribution in [0.2, 0.25) is 0 Å². The fourth-order valence-electron chi connectivity index (χ4n) is 1.67. The first-order valence-electron chi connectivity index (χ1n) is 6.35.